The van der Waals surface area contributed by atoms with Crippen LogP contribution in [0.4, 0.5) is 0 Å². The van der Waals surface area contributed by atoms with Gasteiger partial charge in [-0.25, -0.2) is 0 Å². The predicted molar refractivity (Wildman–Crippen MR) is 66.1 cm³/mol. The minimum absolute atomic E-state index is 0.464. The number of aliphatic hydroxyl groups is 1. The number of benzene rings is 1. The summed E-state index contributed by atoms with van der Waals surface area (Å²) >= 11 is 0. The molecule has 0 fully saturated rings. The van der Waals surface area contributed by atoms with E-state index in [1.165, 1.54) is 0 Å². The van der Waals surface area contributed by atoms with E-state index in [1.807, 2.05) is 18.2 Å². The maximum atomic E-state index is 10.5. The Kier molecular flexibility index (Phi) is 5.17. The van der Waals surface area contributed by atoms with Crippen LogP contribution in [0, 0.1) is 0 Å². The molecule has 0 radical (unpaired) electrons. The number of hydrogen-bond donors (Lipinski definition) is 1. The Morgan fingerprint density at radius 1 is 1.35 bits per heavy atom. The second-order valence-electron chi connectivity index (χ2n) is 3.58. The second-order valence-corrected chi connectivity index (χ2v) is 3.58. The molecule has 17 heavy (non-hydrogen) atoms. The monoisotopic (exact) mass is 232 g/mol. The van der Waals surface area contributed by atoms with E-state index in [0.717, 1.165) is 6.29 Å². The summed E-state index contributed by atoms with van der Waals surface area (Å²) in [5.41, 5.74) is 1.21. The van der Waals surface area contributed by atoms with Crippen molar-refractivity contribution in [2.75, 3.05) is 0 Å². The smallest absolute Gasteiger partial charge is 0.224 e. The molecule has 0 amide bonds. The zero-order valence-electron chi connectivity index (χ0n) is 9.96. The zero-order chi connectivity index (χ0) is 12.7. The van der Waals surface area contributed by atoms with Crippen molar-refractivity contribution in [3.63, 3.8) is 0 Å². The van der Waals surface area contributed by atoms with Crippen LogP contribution in [0.1, 0.15) is 25.7 Å². The molecule has 1 atom stereocenters. The van der Waals surface area contributed by atoms with Crippen LogP contribution in [0.15, 0.2) is 53.8 Å². The van der Waals surface area contributed by atoms with Crippen molar-refractivity contribution in [1.82, 2.24) is 0 Å². The third-order valence-electron chi connectivity index (χ3n) is 2.17. The van der Waals surface area contributed by atoms with Crippen LogP contribution < -0.4 is 0 Å². The maximum Gasteiger partial charge on any atom is 0.224 e. The third kappa shape index (κ3) is 4.25. The molecule has 0 aliphatic heterocycles. The van der Waals surface area contributed by atoms with Crippen molar-refractivity contribution < 1.29 is 14.6 Å². The van der Waals surface area contributed by atoms with E-state index in [2.05, 4.69) is 0 Å². The molecule has 3 heteroatoms. The average Bonchev–Trinajstić information content (AvgIpc) is 2.38. The SMILES string of the molecule is C/C=C(\C=C(/C)C=O)OC(O)c1ccccc1. The van der Waals surface area contributed by atoms with Gasteiger partial charge in [0.15, 0.2) is 0 Å². The first kappa shape index (κ1) is 13.2. The summed E-state index contributed by atoms with van der Waals surface area (Å²) in [5, 5.41) is 9.83. The van der Waals surface area contributed by atoms with Gasteiger partial charge < -0.3 is 9.84 Å². The molecule has 0 aromatic heterocycles. The molecule has 1 N–H and O–H groups in total. The topological polar surface area (TPSA) is 46.5 Å². The summed E-state index contributed by atoms with van der Waals surface area (Å²) in [5.74, 6) is 0.464. The van der Waals surface area contributed by atoms with Crippen LogP contribution in [0.2, 0.25) is 0 Å². The molecular weight excluding hydrogens is 216 g/mol. The Balaban J connectivity index is 2.74. The van der Waals surface area contributed by atoms with Gasteiger partial charge in [-0.3, -0.25) is 4.79 Å². The summed E-state index contributed by atoms with van der Waals surface area (Å²) in [7, 11) is 0. The van der Waals surface area contributed by atoms with Gasteiger partial charge in [0.1, 0.15) is 12.0 Å². The number of rotatable bonds is 5. The summed E-state index contributed by atoms with van der Waals surface area (Å²) in [4.78, 5) is 10.5. The number of carbonyl (C=O) groups is 1. The highest BCUT2D eigenvalue weighted by Crippen LogP contribution is 2.18. The van der Waals surface area contributed by atoms with Crippen LogP contribution >= 0.6 is 0 Å². The van der Waals surface area contributed by atoms with Gasteiger partial charge in [0, 0.05) is 5.56 Å². The molecule has 0 saturated heterocycles. The lowest BCUT2D eigenvalue weighted by atomic mass is 10.2. The first-order valence-electron chi connectivity index (χ1n) is 5.37. The van der Waals surface area contributed by atoms with E-state index in [4.69, 9.17) is 4.74 Å². The Bertz CT molecular complexity index is 418. The Morgan fingerprint density at radius 2 is 2.00 bits per heavy atom. The van der Waals surface area contributed by atoms with E-state index >= 15 is 0 Å². The standard InChI is InChI=1S/C14H16O3/c1-3-13(9-11(2)10-15)17-14(16)12-7-5-4-6-8-12/h3-10,14,16H,1-2H3/b11-9+,13-3+. The van der Waals surface area contributed by atoms with Gasteiger partial charge >= 0.3 is 0 Å². The molecule has 0 spiro atoms. The minimum atomic E-state index is -1.03. The Morgan fingerprint density at radius 3 is 2.53 bits per heavy atom. The van der Waals surface area contributed by atoms with E-state index in [0.29, 0.717) is 16.9 Å². The summed E-state index contributed by atoms with van der Waals surface area (Å²) in [6.07, 6.45) is 2.98. The number of aldehydes is 1. The molecule has 0 aliphatic rings. The highest BCUT2D eigenvalue weighted by Gasteiger charge is 2.08. The molecule has 0 heterocycles. The van der Waals surface area contributed by atoms with Gasteiger partial charge in [-0.15, -0.1) is 0 Å². The fourth-order valence-corrected chi connectivity index (χ4v) is 1.26. The van der Waals surface area contributed by atoms with Gasteiger partial charge in [0.2, 0.25) is 6.29 Å². The van der Waals surface area contributed by atoms with E-state index < -0.39 is 6.29 Å². The lowest BCUT2D eigenvalue weighted by Crippen LogP contribution is -2.02. The molecule has 0 aliphatic carbocycles. The molecule has 1 unspecified atom stereocenters. The van der Waals surface area contributed by atoms with Gasteiger partial charge in [-0.05, 0) is 31.6 Å². The van der Waals surface area contributed by atoms with Crippen LogP contribution in [-0.4, -0.2) is 11.4 Å². The van der Waals surface area contributed by atoms with E-state index in [9.17, 15) is 9.90 Å². The predicted octanol–water partition coefficient (Wildman–Crippen LogP) is 2.74. The molecule has 1 rings (SSSR count). The number of allylic oxidation sites excluding steroid dienone is 3. The zero-order valence-corrected chi connectivity index (χ0v) is 9.96. The Labute approximate surface area is 101 Å². The first-order valence-corrected chi connectivity index (χ1v) is 5.37. The van der Waals surface area contributed by atoms with Gasteiger partial charge in [0.25, 0.3) is 0 Å². The maximum absolute atomic E-state index is 10.5. The average molecular weight is 232 g/mol. The normalized spacial score (nSPS) is 14.3. The molecule has 1 aromatic rings. The highest BCUT2D eigenvalue weighted by atomic mass is 16.6. The molecule has 0 bridgehead atoms. The van der Waals surface area contributed by atoms with Crippen molar-refractivity contribution in [1.29, 1.82) is 0 Å². The lowest BCUT2D eigenvalue weighted by molar-refractivity contribution is -0.105. The van der Waals surface area contributed by atoms with Gasteiger partial charge in [-0.2, -0.15) is 0 Å². The van der Waals surface area contributed by atoms with Crippen molar-refractivity contribution >= 4 is 6.29 Å². The Hall–Kier alpha value is -1.87. The number of hydrogen-bond acceptors (Lipinski definition) is 3. The summed E-state index contributed by atoms with van der Waals surface area (Å²) in [6, 6.07) is 9.05. The summed E-state index contributed by atoms with van der Waals surface area (Å²) < 4.78 is 5.34. The quantitative estimate of drug-likeness (QED) is 0.279. The first-order chi connectivity index (χ1) is 8.17. The van der Waals surface area contributed by atoms with Crippen molar-refractivity contribution in [3.05, 3.63) is 59.4 Å². The highest BCUT2D eigenvalue weighted by molar-refractivity contribution is 5.72. The van der Waals surface area contributed by atoms with E-state index in [1.54, 1.807) is 38.1 Å². The lowest BCUT2D eigenvalue weighted by Gasteiger charge is -2.14. The fraction of sp³-hybridized carbons (Fsp3) is 0.214. The van der Waals surface area contributed by atoms with Crippen molar-refractivity contribution in [3.8, 4) is 0 Å². The van der Waals surface area contributed by atoms with Gasteiger partial charge in [-0.1, -0.05) is 30.3 Å². The molecular formula is C14H16O3. The minimum Gasteiger partial charge on any atom is -0.461 e. The molecule has 0 saturated carbocycles. The van der Waals surface area contributed by atoms with Gasteiger partial charge in [0.05, 0.1) is 0 Å². The van der Waals surface area contributed by atoms with Crippen LogP contribution in [0.5, 0.6) is 0 Å². The van der Waals surface area contributed by atoms with Crippen molar-refractivity contribution in [2.24, 2.45) is 0 Å². The second kappa shape index (κ2) is 6.66. The number of ether oxygens (including phenoxy) is 1. The van der Waals surface area contributed by atoms with Crippen LogP contribution in [0.3, 0.4) is 0 Å². The number of aliphatic hydroxyl groups excluding tert-OH is 1. The van der Waals surface area contributed by atoms with Crippen LogP contribution in [-0.2, 0) is 9.53 Å². The third-order valence-corrected chi connectivity index (χ3v) is 2.17. The van der Waals surface area contributed by atoms with E-state index in [-0.39, 0.29) is 0 Å². The van der Waals surface area contributed by atoms with Crippen LogP contribution in [0.25, 0.3) is 0 Å². The largest absolute Gasteiger partial charge is 0.461 e. The molecule has 90 valence electrons. The molecule has 3 nitrogen and oxygen atoms in total. The molecule has 1 aromatic carbocycles. The van der Waals surface area contributed by atoms with Crippen molar-refractivity contribution in [2.45, 2.75) is 20.1 Å². The fourth-order valence-electron chi connectivity index (χ4n) is 1.26. The summed E-state index contributed by atoms with van der Waals surface area (Å²) in [6.45, 7) is 3.45. The number of carbonyl (C=O) groups excluding carboxylic acids is 1.